The van der Waals surface area contributed by atoms with Gasteiger partial charge in [-0.15, -0.1) is 0 Å². The van der Waals surface area contributed by atoms with E-state index in [2.05, 4.69) is 0 Å². The van der Waals surface area contributed by atoms with Crippen LogP contribution in [0.5, 0.6) is 0 Å². The van der Waals surface area contributed by atoms with Gasteiger partial charge in [-0.2, -0.15) is 13.2 Å². The molecule has 0 spiro atoms. The number of carboxylic acid groups (broad SMARTS) is 1. The molecule has 0 saturated heterocycles. The average molecular weight is 277 g/mol. The molecule has 1 atom stereocenters. The molecule has 0 aliphatic rings. The van der Waals surface area contributed by atoms with E-state index in [9.17, 15) is 27.9 Å². The highest BCUT2D eigenvalue weighted by atomic mass is 19.4. The number of hydrogen-bond acceptors (Lipinski definition) is 3. The lowest BCUT2D eigenvalue weighted by molar-refractivity contribution is -0.174. The number of rotatable bonds is 4. The second kappa shape index (κ2) is 5.70. The van der Waals surface area contributed by atoms with Gasteiger partial charge in [-0.05, 0) is 17.7 Å². The number of aliphatic hydroxyl groups is 1. The number of halogens is 3. The van der Waals surface area contributed by atoms with Crippen molar-refractivity contribution >= 4 is 11.9 Å². The van der Waals surface area contributed by atoms with Gasteiger partial charge in [0.25, 0.3) is 0 Å². The molecule has 0 saturated carbocycles. The first-order valence-corrected chi connectivity index (χ1v) is 5.08. The van der Waals surface area contributed by atoms with Gasteiger partial charge in [0.05, 0.1) is 11.7 Å². The summed E-state index contributed by atoms with van der Waals surface area (Å²) in [7, 11) is 0. The summed E-state index contributed by atoms with van der Waals surface area (Å²) in [6, 6.07) is 4.92. The summed E-state index contributed by atoms with van der Waals surface area (Å²) in [6.45, 7) is -0.620. The van der Waals surface area contributed by atoms with Gasteiger partial charge < -0.3 is 15.5 Å². The molecule has 0 unspecified atom stereocenters. The van der Waals surface area contributed by atoms with Crippen LogP contribution in [0.15, 0.2) is 24.3 Å². The molecule has 0 bridgehead atoms. The Morgan fingerprint density at radius 3 is 2.16 bits per heavy atom. The third-order valence-corrected chi connectivity index (χ3v) is 2.26. The van der Waals surface area contributed by atoms with Crippen molar-refractivity contribution in [1.82, 2.24) is 5.32 Å². The van der Waals surface area contributed by atoms with E-state index in [4.69, 9.17) is 5.11 Å². The van der Waals surface area contributed by atoms with Crippen molar-refractivity contribution in [3.8, 4) is 0 Å². The highest BCUT2D eigenvalue weighted by Crippen LogP contribution is 2.16. The Morgan fingerprint density at radius 1 is 1.21 bits per heavy atom. The Hall–Kier alpha value is -2.09. The zero-order valence-electron chi connectivity index (χ0n) is 9.44. The summed E-state index contributed by atoms with van der Waals surface area (Å²) in [5.74, 6) is -3.31. The molecule has 1 aromatic rings. The fourth-order valence-corrected chi connectivity index (χ4v) is 1.26. The van der Waals surface area contributed by atoms with E-state index in [-0.39, 0.29) is 11.1 Å². The Morgan fingerprint density at radius 2 is 1.74 bits per heavy atom. The van der Waals surface area contributed by atoms with E-state index >= 15 is 0 Å². The molecule has 1 aromatic carbocycles. The van der Waals surface area contributed by atoms with Gasteiger partial charge >= 0.3 is 18.1 Å². The Bertz CT molecular complexity index is 470. The predicted octanol–water partition coefficient (Wildman–Crippen LogP) is 1.10. The minimum Gasteiger partial charge on any atom is -0.478 e. The Kier molecular flexibility index (Phi) is 4.49. The standard InChI is InChI=1S/C11H10F3NO4/c12-11(13,14)10(19)15-5-8(16)6-1-3-7(4-2-6)9(17)18/h1-4,8,16H,5H2,(H,15,19)(H,17,18)/t8-/m1/s1. The van der Waals surface area contributed by atoms with Crippen molar-refractivity contribution in [2.45, 2.75) is 12.3 Å². The van der Waals surface area contributed by atoms with Gasteiger partial charge in [-0.1, -0.05) is 12.1 Å². The number of carboxylic acids is 1. The molecule has 0 aromatic heterocycles. The third-order valence-electron chi connectivity index (χ3n) is 2.26. The van der Waals surface area contributed by atoms with Crippen LogP contribution in [-0.2, 0) is 4.79 Å². The fraction of sp³-hybridized carbons (Fsp3) is 0.273. The van der Waals surface area contributed by atoms with Crippen LogP contribution < -0.4 is 5.32 Å². The number of benzene rings is 1. The van der Waals surface area contributed by atoms with Gasteiger partial charge in [-0.25, -0.2) is 4.79 Å². The first-order chi connectivity index (χ1) is 8.71. The average Bonchev–Trinajstić information content (AvgIpc) is 2.34. The molecule has 0 aliphatic carbocycles. The molecule has 3 N–H and O–H groups in total. The lowest BCUT2D eigenvalue weighted by Crippen LogP contribution is -2.38. The summed E-state index contributed by atoms with van der Waals surface area (Å²) < 4.78 is 35.7. The van der Waals surface area contributed by atoms with Crippen molar-refractivity contribution in [1.29, 1.82) is 0 Å². The van der Waals surface area contributed by atoms with Crippen LogP contribution in [-0.4, -0.2) is 34.8 Å². The van der Waals surface area contributed by atoms with E-state index in [0.29, 0.717) is 0 Å². The van der Waals surface area contributed by atoms with Crippen LogP contribution in [0.1, 0.15) is 22.0 Å². The molecule has 0 fully saturated rings. The predicted molar refractivity (Wildman–Crippen MR) is 57.4 cm³/mol. The SMILES string of the molecule is O=C(O)c1ccc([C@H](O)CNC(=O)C(F)(F)F)cc1. The van der Waals surface area contributed by atoms with E-state index in [1.165, 1.54) is 29.6 Å². The first kappa shape index (κ1) is 15.0. The molecule has 1 amide bonds. The number of carbonyl (C=O) groups is 2. The smallest absolute Gasteiger partial charge is 0.471 e. The number of aliphatic hydroxyl groups excluding tert-OH is 1. The fourth-order valence-electron chi connectivity index (χ4n) is 1.26. The molecule has 0 aliphatic heterocycles. The van der Waals surface area contributed by atoms with Crippen molar-refractivity contribution in [2.75, 3.05) is 6.54 Å². The van der Waals surface area contributed by atoms with Crippen molar-refractivity contribution in [3.63, 3.8) is 0 Å². The number of aromatic carboxylic acids is 1. The minimum atomic E-state index is -5.01. The summed E-state index contributed by atoms with van der Waals surface area (Å²) in [4.78, 5) is 21.1. The maximum absolute atomic E-state index is 11.9. The van der Waals surface area contributed by atoms with E-state index in [0.717, 1.165) is 0 Å². The molecule has 8 heteroatoms. The molecule has 1 rings (SSSR count). The van der Waals surface area contributed by atoms with E-state index in [1.807, 2.05) is 0 Å². The zero-order chi connectivity index (χ0) is 14.6. The van der Waals surface area contributed by atoms with Crippen LogP contribution in [0, 0.1) is 0 Å². The Balaban J connectivity index is 2.61. The zero-order valence-corrected chi connectivity index (χ0v) is 9.44. The largest absolute Gasteiger partial charge is 0.478 e. The van der Waals surface area contributed by atoms with Gasteiger partial charge in [0.15, 0.2) is 0 Å². The number of carbonyl (C=O) groups excluding carboxylic acids is 1. The lowest BCUT2D eigenvalue weighted by Gasteiger charge is -2.13. The van der Waals surface area contributed by atoms with Crippen LogP contribution >= 0.6 is 0 Å². The van der Waals surface area contributed by atoms with Crippen LogP contribution in [0.4, 0.5) is 13.2 Å². The molecule has 0 heterocycles. The number of nitrogens with one attached hydrogen (secondary N) is 1. The molecule has 0 radical (unpaired) electrons. The second-order valence-electron chi connectivity index (χ2n) is 3.65. The van der Waals surface area contributed by atoms with E-state index < -0.39 is 30.7 Å². The number of alkyl halides is 3. The monoisotopic (exact) mass is 277 g/mol. The molecular formula is C11H10F3NO4. The molecule has 104 valence electrons. The summed E-state index contributed by atoms with van der Waals surface area (Å²) in [5.41, 5.74) is 0.183. The third kappa shape index (κ3) is 4.25. The number of amides is 1. The van der Waals surface area contributed by atoms with Crippen LogP contribution in [0.25, 0.3) is 0 Å². The lowest BCUT2D eigenvalue weighted by atomic mass is 10.1. The van der Waals surface area contributed by atoms with Crippen molar-refractivity contribution in [2.24, 2.45) is 0 Å². The van der Waals surface area contributed by atoms with Crippen molar-refractivity contribution < 1.29 is 33.0 Å². The summed E-state index contributed by atoms with van der Waals surface area (Å²) in [6.07, 6.45) is -6.36. The highest BCUT2D eigenvalue weighted by Gasteiger charge is 2.38. The number of hydrogen-bond donors (Lipinski definition) is 3. The van der Waals surface area contributed by atoms with Crippen LogP contribution in [0.2, 0.25) is 0 Å². The molecular weight excluding hydrogens is 267 g/mol. The van der Waals surface area contributed by atoms with Crippen LogP contribution in [0.3, 0.4) is 0 Å². The maximum Gasteiger partial charge on any atom is 0.471 e. The second-order valence-corrected chi connectivity index (χ2v) is 3.65. The first-order valence-electron chi connectivity index (χ1n) is 5.08. The van der Waals surface area contributed by atoms with Gasteiger partial charge in [-0.3, -0.25) is 4.79 Å². The quantitative estimate of drug-likeness (QED) is 0.769. The summed E-state index contributed by atoms with van der Waals surface area (Å²) in [5, 5.41) is 19.7. The molecule has 19 heavy (non-hydrogen) atoms. The van der Waals surface area contributed by atoms with Gasteiger partial charge in [0.1, 0.15) is 0 Å². The summed E-state index contributed by atoms with van der Waals surface area (Å²) >= 11 is 0. The van der Waals surface area contributed by atoms with Gasteiger partial charge in [0.2, 0.25) is 0 Å². The highest BCUT2D eigenvalue weighted by molar-refractivity contribution is 5.87. The van der Waals surface area contributed by atoms with E-state index in [1.54, 1.807) is 0 Å². The normalized spacial score (nSPS) is 12.8. The molecule has 5 nitrogen and oxygen atoms in total. The van der Waals surface area contributed by atoms with Gasteiger partial charge in [0, 0.05) is 6.54 Å². The minimum absolute atomic E-state index is 0.0183. The Labute approximate surface area is 105 Å². The topological polar surface area (TPSA) is 86.6 Å². The van der Waals surface area contributed by atoms with Crippen molar-refractivity contribution in [3.05, 3.63) is 35.4 Å². The maximum atomic E-state index is 11.9.